The predicted octanol–water partition coefficient (Wildman–Crippen LogP) is 2.20. The average molecular weight is 292 g/mol. The minimum atomic E-state index is -3.50. The summed E-state index contributed by atoms with van der Waals surface area (Å²) in [6.07, 6.45) is 0.768. The Morgan fingerprint density at radius 3 is 2.45 bits per heavy atom. The molecule has 20 heavy (non-hydrogen) atoms. The van der Waals surface area contributed by atoms with Crippen LogP contribution < -0.4 is 5.73 Å². The van der Waals surface area contributed by atoms with Crippen LogP contribution in [0.3, 0.4) is 0 Å². The third kappa shape index (κ3) is 2.85. The number of sulfonamides is 1. The molecule has 0 saturated carbocycles. The molecular formula is C15H20N2O2S. The second-order valence-electron chi connectivity index (χ2n) is 4.67. The molecule has 2 rings (SSSR count). The zero-order valence-corrected chi connectivity index (χ0v) is 12.4. The Kier molecular flexibility index (Phi) is 4.75. The van der Waals surface area contributed by atoms with Crippen LogP contribution in [-0.2, 0) is 10.0 Å². The first-order valence-electron chi connectivity index (χ1n) is 6.79. The fraction of sp³-hybridized carbons (Fsp3) is 0.333. The van der Waals surface area contributed by atoms with E-state index in [0.29, 0.717) is 24.5 Å². The number of hydrogen-bond donors (Lipinski definition) is 1. The minimum Gasteiger partial charge on any atom is -0.329 e. The fourth-order valence-corrected chi connectivity index (χ4v) is 4.07. The van der Waals surface area contributed by atoms with Gasteiger partial charge < -0.3 is 5.73 Å². The van der Waals surface area contributed by atoms with E-state index in [1.165, 1.54) is 4.31 Å². The van der Waals surface area contributed by atoms with Crippen LogP contribution in [0.5, 0.6) is 0 Å². The lowest BCUT2D eigenvalue weighted by molar-refractivity contribution is 0.418. The molecule has 0 fully saturated rings. The van der Waals surface area contributed by atoms with E-state index in [4.69, 9.17) is 5.73 Å². The molecule has 2 N–H and O–H groups in total. The van der Waals surface area contributed by atoms with E-state index in [0.717, 1.165) is 17.2 Å². The van der Waals surface area contributed by atoms with Crippen molar-refractivity contribution in [2.75, 3.05) is 19.6 Å². The van der Waals surface area contributed by atoms with E-state index in [1.54, 1.807) is 12.1 Å². The summed E-state index contributed by atoms with van der Waals surface area (Å²) in [6.45, 7) is 3.12. The van der Waals surface area contributed by atoms with Gasteiger partial charge in [-0.2, -0.15) is 4.31 Å². The highest BCUT2D eigenvalue weighted by Crippen LogP contribution is 2.25. The molecule has 0 radical (unpaired) electrons. The first-order valence-corrected chi connectivity index (χ1v) is 8.23. The van der Waals surface area contributed by atoms with Gasteiger partial charge in [-0.15, -0.1) is 0 Å². The standard InChI is InChI=1S/C15H20N2O2S/c1-2-11-17(12-10-16)20(18,19)15-9-5-7-13-6-3-4-8-14(13)15/h3-9H,2,10-12,16H2,1H3. The molecule has 0 aromatic heterocycles. The van der Waals surface area contributed by atoms with Gasteiger partial charge in [0.25, 0.3) is 0 Å². The van der Waals surface area contributed by atoms with Gasteiger partial charge in [0.2, 0.25) is 10.0 Å². The molecule has 0 saturated heterocycles. The molecule has 2 aromatic carbocycles. The van der Waals surface area contributed by atoms with Crippen LogP contribution in [-0.4, -0.2) is 32.4 Å². The van der Waals surface area contributed by atoms with Crippen molar-refractivity contribution >= 4 is 20.8 Å². The van der Waals surface area contributed by atoms with Crippen molar-refractivity contribution in [2.45, 2.75) is 18.2 Å². The van der Waals surface area contributed by atoms with E-state index in [2.05, 4.69) is 0 Å². The molecular weight excluding hydrogens is 272 g/mol. The van der Waals surface area contributed by atoms with Crippen LogP contribution in [0.25, 0.3) is 10.8 Å². The van der Waals surface area contributed by atoms with Crippen molar-refractivity contribution in [3.8, 4) is 0 Å². The lowest BCUT2D eigenvalue weighted by atomic mass is 10.1. The Hall–Kier alpha value is -1.43. The summed E-state index contributed by atoms with van der Waals surface area (Å²) in [5.74, 6) is 0. The monoisotopic (exact) mass is 292 g/mol. The Morgan fingerprint density at radius 1 is 1.05 bits per heavy atom. The van der Waals surface area contributed by atoms with Crippen molar-refractivity contribution in [1.29, 1.82) is 0 Å². The van der Waals surface area contributed by atoms with Crippen molar-refractivity contribution in [1.82, 2.24) is 4.31 Å². The number of nitrogens with zero attached hydrogens (tertiary/aromatic N) is 1. The van der Waals surface area contributed by atoms with Crippen molar-refractivity contribution in [3.05, 3.63) is 42.5 Å². The predicted molar refractivity (Wildman–Crippen MR) is 82.1 cm³/mol. The van der Waals surface area contributed by atoms with Crippen LogP contribution >= 0.6 is 0 Å². The van der Waals surface area contributed by atoms with E-state index in [9.17, 15) is 8.42 Å². The van der Waals surface area contributed by atoms with Crippen molar-refractivity contribution in [2.24, 2.45) is 5.73 Å². The SMILES string of the molecule is CCCN(CCN)S(=O)(=O)c1cccc2ccccc12. The molecule has 0 aliphatic carbocycles. The van der Waals surface area contributed by atoms with Gasteiger partial charge in [0.1, 0.15) is 0 Å². The van der Waals surface area contributed by atoms with Crippen LogP contribution in [0.15, 0.2) is 47.4 Å². The molecule has 0 bridgehead atoms. The van der Waals surface area contributed by atoms with Crippen molar-refractivity contribution in [3.63, 3.8) is 0 Å². The molecule has 0 amide bonds. The molecule has 4 nitrogen and oxygen atoms in total. The van der Waals surface area contributed by atoms with Crippen molar-refractivity contribution < 1.29 is 8.42 Å². The largest absolute Gasteiger partial charge is 0.329 e. The normalized spacial score (nSPS) is 12.2. The average Bonchev–Trinajstić information content (AvgIpc) is 2.46. The second kappa shape index (κ2) is 6.35. The van der Waals surface area contributed by atoms with Gasteiger partial charge in [-0.3, -0.25) is 0 Å². The second-order valence-corrected chi connectivity index (χ2v) is 6.58. The maximum atomic E-state index is 12.8. The van der Waals surface area contributed by atoms with Gasteiger partial charge in [0.15, 0.2) is 0 Å². The minimum absolute atomic E-state index is 0.323. The Bertz CT molecular complexity index is 672. The number of nitrogens with two attached hydrogens (primary N) is 1. The van der Waals surface area contributed by atoms with Crippen LogP contribution in [0, 0.1) is 0 Å². The number of hydrogen-bond acceptors (Lipinski definition) is 3. The van der Waals surface area contributed by atoms with E-state index >= 15 is 0 Å². The summed E-state index contributed by atoms with van der Waals surface area (Å²) < 4.78 is 27.1. The highest BCUT2D eigenvalue weighted by atomic mass is 32.2. The Balaban J connectivity index is 2.56. The molecule has 0 aliphatic heterocycles. The molecule has 0 unspecified atom stereocenters. The van der Waals surface area contributed by atoms with E-state index in [-0.39, 0.29) is 0 Å². The van der Waals surface area contributed by atoms with Gasteiger partial charge in [-0.1, -0.05) is 43.3 Å². The topological polar surface area (TPSA) is 63.4 Å². The van der Waals surface area contributed by atoms with Gasteiger partial charge in [-0.05, 0) is 17.9 Å². The molecule has 0 aliphatic rings. The van der Waals surface area contributed by atoms with E-state index in [1.807, 2.05) is 37.3 Å². The molecule has 2 aromatic rings. The molecule has 0 atom stereocenters. The highest BCUT2D eigenvalue weighted by molar-refractivity contribution is 7.89. The van der Waals surface area contributed by atoms with Crippen LogP contribution in [0.2, 0.25) is 0 Å². The van der Waals surface area contributed by atoms with E-state index < -0.39 is 10.0 Å². The third-order valence-electron chi connectivity index (χ3n) is 3.22. The van der Waals surface area contributed by atoms with Crippen LogP contribution in [0.1, 0.15) is 13.3 Å². The summed E-state index contributed by atoms with van der Waals surface area (Å²) in [4.78, 5) is 0.359. The lowest BCUT2D eigenvalue weighted by Crippen LogP contribution is -2.36. The summed E-state index contributed by atoms with van der Waals surface area (Å²) in [5.41, 5.74) is 5.54. The Labute approximate surface area is 120 Å². The van der Waals surface area contributed by atoms with Gasteiger partial charge >= 0.3 is 0 Å². The molecule has 0 spiro atoms. The van der Waals surface area contributed by atoms with Gasteiger partial charge in [0, 0.05) is 25.0 Å². The lowest BCUT2D eigenvalue weighted by Gasteiger charge is -2.21. The zero-order chi connectivity index (χ0) is 14.6. The maximum absolute atomic E-state index is 12.8. The first-order chi connectivity index (χ1) is 9.61. The maximum Gasteiger partial charge on any atom is 0.243 e. The highest BCUT2D eigenvalue weighted by Gasteiger charge is 2.24. The summed E-state index contributed by atoms with van der Waals surface area (Å²) in [7, 11) is -3.50. The number of rotatable bonds is 6. The summed E-state index contributed by atoms with van der Waals surface area (Å²) in [5, 5.41) is 1.69. The zero-order valence-electron chi connectivity index (χ0n) is 11.6. The molecule has 0 heterocycles. The number of benzene rings is 2. The third-order valence-corrected chi connectivity index (χ3v) is 5.18. The van der Waals surface area contributed by atoms with Gasteiger partial charge in [0.05, 0.1) is 4.90 Å². The smallest absolute Gasteiger partial charge is 0.243 e. The summed E-state index contributed by atoms with van der Waals surface area (Å²) >= 11 is 0. The first kappa shape index (κ1) is 15.0. The van der Waals surface area contributed by atoms with Crippen LogP contribution in [0.4, 0.5) is 0 Å². The number of fused-ring (bicyclic) bond motifs is 1. The Morgan fingerprint density at radius 2 is 1.75 bits per heavy atom. The molecule has 108 valence electrons. The van der Waals surface area contributed by atoms with Gasteiger partial charge in [-0.25, -0.2) is 8.42 Å². The summed E-state index contributed by atoms with van der Waals surface area (Å²) in [6, 6.07) is 12.9. The fourth-order valence-electron chi connectivity index (χ4n) is 2.31. The quantitative estimate of drug-likeness (QED) is 0.887. The molecule has 5 heteroatoms.